The summed E-state index contributed by atoms with van der Waals surface area (Å²) in [6.07, 6.45) is -3.41. The number of halogens is 1. The number of fused-ring (bicyclic) bond motifs is 1. The number of nitrogens with two attached hydrogens (primary N) is 1. The number of anilines is 1. The number of hydrogen-bond donors (Lipinski definition) is 1. The van der Waals surface area contributed by atoms with E-state index in [-0.39, 0.29) is 11.6 Å². The summed E-state index contributed by atoms with van der Waals surface area (Å²) < 4.78 is 33.0. The molecule has 1 aliphatic rings. The number of hydrogen-bond acceptors (Lipinski definition) is 9. The molecule has 0 aromatic carbocycles. The van der Waals surface area contributed by atoms with Crippen LogP contribution in [0.4, 0.5) is 10.3 Å². The van der Waals surface area contributed by atoms with Gasteiger partial charge in [0.25, 0.3) is 0 Å². The minimum absolute atomic E-state index is 0.0890. The van der Waals surface area contributed by atoms with E-state index < -0.39 is 48.7 Å². The summed E-state index contributed by atoms with van der Waals surface area (Å²) in [7, 11) is 1.16. The van der Waals surface area contributed by atoms with Gasteiger partial charge in [0.15, 0.2) is 24.2 Å². The number of alkyl halides is 1. The van der Waals surface area contributed by atoms with E-state index in [0.717, 1.165) is 25.0 Å². The van der Waals surface area contributed by atoms with Gasteiger partial charge in [-0.25, -0.2) is 18.7 Å². The Balaban J connectivity index is 2.12. The molecule has 164 valence electrons. The van der Waals surface area contributed by atoms with Crippen molar-refractivity contribution in [3.05, 3.63) is 16.7 Å². The van der Waals surface area contributed by atoms with Crippen molar-refractivity contribution in [3.8, 4) is 0 Å². The van der Waals surface area contributed by atoms with Gasteiger partial charge in [-0.15, -0.1) is 0 Å². The highest BCUT2D eigenvalue weighted by Crippen LogP contribution is 2.36. The van der Waals surface area contributed by atoms with E-state index in [1.807, 2.05) is 6.92 Å². The Labute approximate surface area is 170 Å². The molecule has 0 unspecified atom stereocenters. The summed E-state index contributed by atoms with van der Waals surface area (Å²) in [4.78, 5) is 44.5. The predicted octanol–water partition coefficient (Wildman–Crippen LogP) is 0.706. The first-order valence-electron chi connectivity index (χ1n) is 9.55. The van der Waals surface area contributed by atoms with Crippen molar-refractivity contribution < 1.29 is 28.2 Å². The van der Waals surface area contributed by atoms with Crippen LogP contribution in [0.5, 0.6) is 0 Å². The number of imidazole rings is 1. The number of nitrogens with zero attached hydrogens (tertiary/aromatic N) is 4. The van der Waals surface area contributed by atoms with Crippen molar-refractivity contribution in [3.63, 3.8) is 0 Å². The number of aromatic nitrogens is 4. The van der Waals surface area contributed by atoms with E-state index in [1.165, 1.54) is 10.8 Å². The molecule has 1 fully saturated rings. The first-order valence-corrected chi connectivity index (χ1v) is 9.55. The number of esters is 2. The highest BCUT2D eigenvalue weighted by atomic mass is 19.1. The lowest BCUT2D eigenvalue weighted by atomic mass is 10.1. The lowest BCUT2D eigenvalue weighted by Crippen LogP contribution is -2.37. The van der Waals surface area contributed by atoms with Gasteiger partial charge in [-0.2, -0.15) is 4.98 Å². The number of unbranched alkanes of at least 4 members (excludes halogenated alkanes) is 1. The van der Waals surface area contributed by atoms with Gasteiger partial charge in [0.05, 0.1) is 19.7 Å². The Kier molecular flexibility index (Phi) is 6.34. The van der Waals surface area contributed by atoms with Gasteiger partial charge in [0, 0.05) is 13.5 Å². The standard InChI is InChI=1S/C18H24FN5O6/c1-4-5-6-23-10-8-21-17(20)22-15(10)24(18(23)27)16-14(29-9(2)25)13(19)11(30-16)7-12(26)28-3/h8,11,13-14,16H,4-7H2,1-3H3,(H2,20,21,22)/t11-,13-,14-,16-/m1/s1. The SMILES string of the molecule is CCCCn1c(=O)n([C@@H]2O[C@H](CC(=O)OC)[C@@H](F)[C@H]2OC(C)=O)c2nc(N)ncc21. The van der Waals surface area contributed by atoms with Gasteiger partial charge in [-0.1, -0.05) is 13.3 Å². The highest BCUT2D eigenvalue weighted by Gasteiger charge is 2.50. The number of ether oxygens (including phenoxy) is 3. The fourth-order valence-electron chi connectivity index (χ4n) is 3.46. The zero-order valence-electron chi connectivity index (χ0n) is 16.9. The summed E-state index contributed by atoms with van der Waals surface area (Å²) in [5.74, 6) is -1.55. The van der Waals surface area contributed by atoms with Gasteiger partial charge in [-0.3, -0.25) is 14.2 Å². The maximum absolute atomic E-state index is 15.1. The second-order valence-corrected chi connectivity index (χ2v) is 6.96. The van der Waals surface area contributed by atoms with Crippen LogP contribution in [0.15, 0.2) is 11.0 Å². The quantitative estimate of drug-likeness (QED) is 0.635. The fraction of sp³-hybridized carbons (Fsp3) is 0.611. The number of aryl methyl sites for hydroxylation is 1. The summed E-state index contributed by atoms with van der Waals surface area (Å²) in [5, 5.41) is 0. The van der Waals surface area contributed by atoms with E-state index in [1.54, 1.807) is 0 Å². The van der Waals surface area contributed by atoms with E-state index in [0.29, 0.717) is 18.5 Å². The zero-order chi connectivity index (χ0) is 22.0. The first-order chi connectivity index (χ1) is 14.3. The van der Waals surface area contributed by atoms with Crippen molar-refractivity contribution in [2.75, 3.05) is 12.8 Å². The van der Waals surface area contributed by atoms with E-state index in [4.69, 9.17) is 15.2 Å². The molecule has 11 nitrogen and oxygen atoms in total. The summed E-state index contributed by atoms with van der Waals surface area (Å²) in [6, 6.07) is 0. The molecule has 30 heavy (non-hydrogen) atoms. The Morgan fingerprint density at radius 1 is 1.40 bits per heavy atom. The lowest BCUT2D eigenvalue weighted by molar-refractivity contribution is -0.154. The van der Waals surface area contributed by atoms with Crippen LogP contribution < -0.4 is 11.4 Å². The van der Waals surface area contributed by atoms with Gasteiger partial charge in [0.2, 0.25) is 5.95 Å². The molecule has 0 amide bonds. The Morgan fingerprint density at radius 2 is 2.13 bits per heavy atom. The number of carbonyl (C=O) groups excluding carboxylic acids is 2. The van der Waals surface area contributed by atoms with Gasteiger partial charge in [-0.05, 0) is 6.42 Å². The Morgan fingerprint density at radius 3 is 2.77 bits per heavy atom. The van der Waals surface area contributed by atoms with Crippen molar-refractivity contribution in [2.24, 2.45) is 0 Å². The average molecular weight is 425 g/mol. The predicted molar refractivity (Wildman–Crippen MR) is 102 cm³/mol. The van der Waals surface area contributed by atoms with Crippen LogP contribution in [-0.4, -0.2) is 56.5 Å². The summed E-state index contributed by atoms with van der Waals surface area (Å²) >= 11 is 0. The van der Waals surface area contributed by atoms with E-state index >= 15 is 4.39 Å². The van der Waals surface area contributed by atoms with Crippen molar-refractivity contribution in [1.82, 2.24) is 19.1 Å². The van der Waals surface area contributed by atoms with Crippen LogP contribution in [0, 0.1) is 0 Å². The number of rotatable bonds is 7. The van der Waals surface area contributed by atoms with Gasteiger partial charge < -0.3 is 19.9 Å². The lowest BCUT2D eigenvalue weighted by Gasteiger charge is -2.19. The van der Waals surface area contributed by atoms with Crippen molar-refractivity contribution >= 4 is 29.1 Å². The van der Waals surface area contributed by atoms with Crippen LogP contribution in [0.25, 0.3) is 11.2 Å². The third-order valence-corrected chi connectivity index (χ3v) is 4.88. The molecule has 3 rings (SSSR count). The molecule has 0 radical (unpaired) electrons. The molecule has 2 aromatic heterocycles. The molecule has 1 saturated heterocycles. The van der Waals surface area contributed by atoms with E-state index in [9.17, 15) is 14.4 Å². The van der Waals surface area contributed by atoms with Crippen molar-refractivity contribution in [2.45, 2.75) is 64.3 Å². The molecule has 3 heterocycles. The molecule has 0 spiro atoms. The second-order valence-electron chi connectivity index (χ2n) is 6.96. The second kappa shape index (κ2) is 8.78. The molecule has 12 heteroatoms. The first kappa shape index (κ1) is 21.7. The topological polar surface area (TPSA) is 141 Å². The number of methoxy groups -OCH3 is 1. The molecule has 1 aliphatic heterocycles. The molecule has 0 aliphatic carbocycles. The van der Waals surface area contributed by atoms with Crippen LogP contribution >= 0.6 is 0 Å². The molecular weight excluding hydrogens is 401 g/mol. The largest absolute Gasteiger partial charge is 0.469 e. The minimum Gasteiger partial charge on any atom is -0.469 e. The third-order valence-electron chi connectivity index (χ3n) is 4.88. The van der Waals surface area contributed by atoms with Crippen LogP contribution in [0.3, 0.4) is 0 Å². The molecule has 4 atom stereocenters. The van der Waals surface area contributed by atoms with Crippen LogP contribution in [-0.2, 0) is 30.3 Å². The fourth-order valence-corrected chi connectivity index (χ4v) is 3.46. The maximum Gasteiger partial charge on any atom is 0.332 e. The minimum atomic E-state index is -1.86. The average Bonchev–Trinajstić information content (AvgIpc) is 3.13. The van der Waals surface area contributed by atoms with Crippen molar-refractivity contribution in [1.29, 1.82) is 0 Å². The summed E-state index contributed by atoms with van der Waals surface area (Å²) in [6.45, 7) is 3.47. The van der Waals surface area contributed by atoms with Gasteiger partial charge >= 0.3 is 17.6 Å². The monoisotopic (exact) mass is 425 g/mol. The maximum atomic E-state index is 15.1. The molecule has 0 bridgehead atoms. The normalized spacial score (nSPS) is 23.6. The van der Waals surface area contributed by atoms with Crippen LogP contribution in [0.2, 0.25) is 0 Å². The van der Waals surface area contributed by atoms with E-state index in [2.05, 4.69) is 14.7 Å². The highest BCUT2D eigenvalue weighted by molar-refractivity contribution is 5.72. The number of carbonyl (C=O) groups is 2. The molecule has 2 N–H and O–H groups in total. The Bertz CT molecular complexity index is 1000. The van der Waals surface area contributed by atoms with Gasteiger partial charge in [0.1, 0.15) is 11.6 Å². The third kappa shape index (κ3) is 3.99. The molecule has 2 aromatic rings. The number of nitrogen functional groups attached to an aromatic ring is 1. The summed E-state index contributed by atoms with van der Waals surface area (Å²) in [5.41, 5.74) is 5.67. The van der Waals surface area contributed by atoms with Crippen LogP contribution in [0.1, 0.15) is 39.3 Å². The smallest absolute Gasteiger partial charge is 0.332 e. The zero-order valence-corrected chi connectivity index (χ0v) is 16.9. The molecule has 0 saturated carbocycles. The Hall–Kier alpha value is -3.02. The molecular formula is C18H24FN5O6.